The second-order valence-corrected chi connectivity index (χ2v) is 5.69. The Morgan fingerprint density at radius 1 is 1.37 bits per heavy atom. The minimum atomic E-state index is 0.301. The molecule has 6 heteroatoms. The van der Waals surface area contributed by atoms with Crippen LogP contribution in [0.4, 0.5) is 11.8 Å². The average Bonchev–Trinajstić information content (AvgIpc) is 2.87. The van der Waals surface area contributed by atoms with Gasteiger partial charge in [0.15, 0.2) is 5.65 Å². The van der Waals surface area contributed by atoms with E-state index in [2.05, 4.69) is 38.9 Å². The van der Waals surface area contributed by atoms with Crippen molar-refractivity contribution in [2.24, 2.45) is 5.41 Å². The standard InChI is InChI=1S/C13H20N6/c1-3-13(2)4-6-19(7-5-13)11-9-8-15-18-10(9)16-12(14)17-11/h8H,3-7H2,1-2H3,(H3,14,15,16,17,18). The van der Waals surface area contributed by atoms with Crippen molar-refractivity contribution in [3.05, 3.63) is 6.20 Å². The molecule has 1 saturated heterocycles. The molecule has 0 aliphatic carbocycles. The van der Waals surface area contributed by atoms with E-state index in [-0.39, 0.29) is 0 Å². The molecule has 1 aliphatic rings. The minimum Gasteiger partial charge on any atom is -0.368 e. The van der Waals surface area contributed by atoms with Crippen LogP contribution in [0.15, 0.2) is 6.20 Å². The molecule has 0 radical (unpaired) electrons. The molecule has 0 bridgehead atoms. The third-order valence-corrected chi connectivity index (χ3v) is 4.43. The predicted molar refractivity (Wildman–Crippen MR) is 75.9 cm³/mol. The van der Waals surface area contributed by atoms with Crippen LogP contribution in [0.3, 0.4) is 0 Å². The van der Waals surface area contributed by atoms with Gasteiger partial charge in [-0.3, -0.25) is 5.10 Å². The third kappa shape index (κ3) is 2.11. The summed E-state index contributed by atoms with van der Waals surface area (Å²) in [6.45, 7) is 6.67. The molecule has 6 nitrogen and oxygen atoms in total. The van der Waals surface area contributed by atoms with Gasteiger partial charge in [-0.2, -0.15) is 15.1 Å². The van der Waals surface area contributed by atoms with E-state index in [4.69, 9.17) is 5.73 Å². The van der Waals surface area contributed by atoms with Crippen LogP contribution in [0.1, 0.15) is 33.1 Å². The molecule has 3 N–H and O–H groups in total. The number of fused-ring (bicyclic) bond motifs is 1. The van der Waals surface area contributed by atoms with Crippen molar-refractivity contribution in [3.63, 3.8) is 0 Å². The van der Waals surface area contributed by atoms with Crippen molar-refractivity contribution in [2.75, 3.05) is 23.7 Å². The lowest BCUT2D eigenvalue weighted by molar-refractivity contribution is 0.238. The number of hydrogen-bond acceptors (Lipinski definition) is 5. The molecular weight excluding hydrogens is 240 g/mol. The number of aromatic amines is 1. The van der Waals surface area contributed by atoms with Gasteiger partial charge in [0, 0.05) is 13.1 Å². The van der Waals surface area contributed by atoms with E-state index in [0.717, 1.165) is 24.3 Å². The summed E-state index contributed by atoms with van der Waals surface area (Å²) in [4.78, 5) is 10.9. The maximum Gasteiger partial charge on any atom is 0.224 e. The van der Waals surface area contributed by atoms with E-state index < -0.39 is 0 Å². The maximum absolute atomic E-state index is 5.77. The van der Waals surface area contributed by atoms with Gasteiger partial charge in [0.25, 0.3) is 0 Å². The van der Waals surface area contributed by atoms with E-state index in [1.165, 1.54) is 19.3 Å². The van der Waals surface area contributed by atoms with Gasteiger partial charge < -0.3 is 10.6 Å². The molecule has 2 aromatic heterocycles. The molecular formula is C13H20N6. The van der Waals surface area contributed by atoms with Crippen molar-refractivity contribution in [3.8, 4) is 0 Å². The first-order valence-corrected chi connectivity index (χ1v) is 6.83. The van der Waals surface area contributed by atoms with Gasteiger partial charge in [-0.15, -0.1) is 0 Å². The quantitative estimate of drug-likeness (QED) is 0.862. The molecule has 0 aromatic carbocycles. The Labute approximate surface area is 112 Å². The number of H-pyrrole nitrogens is 1. The smallest absolute Gasteiger partial charge is 0.224 e. The number of nitrogen functional groups attached to an aromatic ring is 1. The van der Waals surface area contributed by atoms with E-state index >= 15 is 0 Å². The van der Waals surface area contributed by atoms with Gasteiger partial charge >= 0.3 is 0 Å². The summed E-state index contributed by atoms with van der Waals surface area (Å²) in [7, 11) is 0. The summed E-state index contributed by atoms with van der Waals surface area (Å²) >= 11 is 0. The zero-order chi connectivity index (χ0) is 13.5. The predicted octanol–water partition coefficient (Wildman–Crippen LogP) is 1.95. The zero-order valence-corrected chi connectivity index (χ0v) is 11.5. The fourth-order valence-electron chi connectivity index (χ4n) is 2.69. The van der Waals surface area contributed by atoms with E-state index in [9.17, 15) is 0 Å². The zero-order valence-electron chi connectivity index (χ0n) is 11.5. The van der Waals surface area contributed by atoms with Gasteiger partial charge in [-0.05, 0) is 18.3 Å². The first-order valence-electron chi connectivity index (χ1n) is 6.83. The molecule has 0 unspecified atom stereocenters. The first kappa shape index (κ1) is 12.2. The second kappa shape index (κ2) is 4.36. The Hall–Kier alpha value is -1.85. The van der Waals surface area contributed by atoms with Crippen molar-refractivity contribution in [2.45, 2.75) is 33.1 Å². The highest BCUT2D eigenvalue weighted by Gasteiger charge is 2.29. The SMILES string of the molecule is CCC1(C)CCN(c2nc(N)nc3[nH]ncc23)CC1. The van der Waals surface area contributed by atoms with Crippen molar-refractivity contribution in [1.29, 1.82) is 0 Å². The summed E-state index contributed by atoms with van der Waals surface area (Å²) < 4.78 is 0. The molecule has 3 heterocycles. The Balaban J connectivity index is 1.91. The highest BCUT2D eigenvalue weighted by molar-refractivity contribution is 5.87. The molecule has 3 rings (SSSR count). The monoisotopic (exact) mass is 260 g/mol. The fourth-order valence-corrected chi connectivity index (χ4v) is 2.69. The van der Waals surface area contributed by atoms with Crippen LogP contribution in [0.2, 0.25) is 0 Å². The molecule has 1 fully saturated rings. The van der Waals surface area contributed by atoms with Gasteiger partial charge in [-0.1, -0.05) is 20.3 Å². The topological polar surface area (TPSA) is 83.7 Å². The van der Waals surface area contributed by atoms with Crippen LogP contribution in [0.5, 0.6) is 0 Å². The number of aromatic nitrogens is 4. The summed E-state index contributed by atoms with van der Waals surface area (Å²) in [6, 6.07) is 0. The van der Waals surface area contributed by atoms with Crippen LogP contribution in [-0.2, 0) is 0 Å². The number of nitrogens with zero attached hydrogens (tertiary/aromatic N) is 4. The lowest BCUT2D eigenvalue weighted by atomic mass is 9.78. The molecule has 1 aliphatic heterocycles. The van der Waals surface area contributed by atoms with Gasteiger partial charge in [0.05, 0.1) is 11.6 Å². The highest BCUT2D eigenvalue weighted by atomic mass is 15.2. The van der Waals surface area contributed by atoms with Gasteiger partial charge in [0.1, 0.15) is 5.82 Å². The van der Waals surface area contributed by atoms with E-state index in [0.29, 0.717) is 17.0 Å². The Kier molecular flexibility index (Phi) is 2.80. The molecule has 2 aromatic rings. The molecule has 0 spiro atoms. The van der Waals surface area contributed by atoms with Gasteiger partial charge in [0.2, 0.25) is 5.95 Å². The number of nitrogens with one attached hydrogen (secondary N) is 1. The normalized spacial score (nSPS) is 18.9. The van der Waals surface area contributed by atoms with Crippen LogP contribution in [0, 0.1) is 5.41 Å². The number of hydrogen-bond donors (Lipinski definition) is 2. The van der Waals surface area contributed by atoms with Gasteiger partial charge in [-0.25, -0.2) is 0 Å². The van der Waals surface area contributed by atoms with Crippen molar-refractivity contribution in [1.82, 2.24) is 20.2 Å². The number of piperidine rings is 1. The second-order valence-electron chi connectivity index (χ2n) is 5.69. The Morgan fingerprint density at radius 2 is 2.11 bits per heavy atom. The third-order valence-electron chi connectivity index (χ3n) is 4.43. The lowest BCUT2D eigenvalue weighted by Gasteiger charge is -2.39. The molecule has 19 heavy (non-hydrogen) atoms. The Bertz CT molecular complexity index is 582. The number of anilines is 2. The van der Waals surface area contributed by atoms with Crippen LogP contribution in [0.25, 0.3) is 11.0 Å². The average molecular weight is 260 g/mol. The summed E-state index contributed by atoms with van der Waals surface area (Å²) in [5.74, 6) is 1.21. The summed E-state index contributed by atoms with van der Waals surface area (Å²) in [5.41, 5.74) is 6.95. The number of rotatable bonds is 2. The molecule has 0 amide bonds. The van der Waals surface area contributed by atoms with Crippen molar-refractivity contribution < 1.29 is 0 Å². The molecule has 102 valence electrons. The van der Waals surface area contributed by atoms with E-state index in [1.54, 1.807) is 6.20 Å². The largest absolute Gasteiger partial charge is 0.368 e. The summed E-state index contributed by atoms with van der Waals surface area (Å²) in [6.07, 6.45) is 5.38. The maximum atomic E-state index is 5.77. The van der Waals surface area contributed by atoms with Crippen LogP contribution >= 0.6 is 0 Å². The van der Waals surface area contributed by atoms with Crippen LogP contribution < -0.4 is 10.6 Å². The molecule has 0 saturated carbocycles. The first-order chi connectivity index (χ1) is 9.11. The van der Waals surface area contributed by atoms with Crippen molar-refractivity contribution >= 4 is 22.8 Å². The lowest BCUT2D eigenvalue weighted by Crippen LogP contribution is -2.39. The van der Waals surface area contributed by atoms with Crippen LogP contribution in [-0.4, -0.2) is 33.3 Å². The fraction of sp³-hybridized carbons (Fsp3) is 0.615. The minimum absolute atomic E-state index is 0.301. The Morgan fingerprint density at radius 3 is 2.79 bits per heavy atom. The number of nitrogens with two attached hydrogens (primary N) is 1. The van der Waals surface area contributed by atoms with E-state index in [1.807, 2.05) is 0 Å². The highest BCUT2D eigenvalue weighted by Crippen LogP contribution is 2.36. The summed E-state index contributed by atoms with van der Waals surface area (Å²) in [5, 5.41) is 7.85. The molecule has 0 atom stereocenters.